The minimum Gasteiger partial charge on any atom is -0.476 e. The highest BCUT2D eigenvalue weighted by atomic mass is 79.9. The van der Waals surface area contributed by atoms with Gasteiger partial charge in [0.25, 0.3) is 0 Å². The number of rotatable bonds is 1. The van der Waals surface area contributed by atoms with E-state index in [4.69, 9.17) is 10.8 Å². The van der Waals surface area contributed by atoms with Crippen LogP contribution >= 0.6 is 15.9 Å². The van der Waals surface area contributed by atoms with Gasteiger partial charge >= 0.3 is 5.97 Å². The molecule has 0 aliphatic rings. The molecule has 0 fully saturated rings. The molecule has 0 radical (unpaired) electrons. The predicted molar refractivity (Wildman–Crippen MR) is 65.6 cm³/mol. The zero-order valence-electron chi connectivity index (χ0n) is 8.49. The maximum Gasteiger partial charge on any atom is 0.356 e. The number of carboxylic acid groups (broad SMARTS) is 1. The first-order valence-corrected chi connectivity index (χ1v) is 5.38. The molecule has 2 rings (SSSR count). The topological polar surface area (TPSA) is 76.2 Å². The van der Waals surface area contributed by atoms with Crippen molar-refractivity contribution in [3.8, 4) is 0 Å². The number of anilines is 1. The minimum atomic E-state index is -1.11. The van der Waals surface area contributed by atoms with Crippen LogP contribution < -0.4 is 5.73 Å². The number of nitrogens with zero attached hydrogens (tertiary/aromatic N) is 1. The van der Waals surface area contributed by atoms with Crippen molar-refractivity contribution in [1.29, 1.82) is 0 Å². The maximum absolute atomic E-state index is 10.9. The second-order valence-electron chi connectivity index (χ2n) is 3.47. The van der Waals surface area contributed by atoms with Crippen molar-refractivity contribution in [1.82, 2.24) is 4.98 Å². The van der Waals surface area contributed by atoms with Crippen LogP contribution in [0.1, 0.15) is 16.1 Å². The molecule has 0 unspecified atom stereocenters. The molecule has 16 heavy (non-hydrogen) atoms. The molecule has 0 bridgehead atoms. The number of benzene rings is 1. The lowest BCUT2D eigenvalue weighted by atomic mass is 10.1. The largest absolute Gasteiger partial charge is 0.476 e. The summed E-state index contributed by atoms with van der Waals surface area (Å²) in [4.78, 5) is 15.0. The van der Waals surface area contributed by atoms with Crippen LogP contribution in [-0.4, -0.2) is 16.1 Å². The van der Waals surface area contributed by atoms with E-state index < -0.39 is 5.97 Å². The van der Waals surface area contributed by atoms with Crippen LogP contribution in [0.15, 0.2) is 22.7 Å². The van der Waals surface area contributed by atoms with Gasteiger partial charge in [0.1, 0.15) is 0 Å². The van der Waals surface area contributed by atoms with E-state index in [0.29, 0.717) is 5.52 Å². The van der Waals surface area contributed by atoms with Crippen LogP contribution in [0.25, 0.3) is 10.9 Å². The van der Waals surface area contributed by atoms with Gasteiger partial charge in [0, 0.05) is 9.86 Å². The summed E-state index contributed by atoms with van der Waals surface area (Å²) >= 11 is 3.35. The molecule has 3 N–H and O–H groups in total. The van der Waals surface area contributed by atoms with Gasteiger partial charge in [-0.05, 0) is 30.7 Å². The van der Waals surface area contributed by atoms with Crippen molar-refractivity contribution in [2.24, 2.45) is 0 Å². The number of aromatic nitrogens is 1. The number of hydrogen-bond acceptors (Lipinski definition) is 3. The Kier molecular flexibility index (Phi) is 2.55. The van der Waals surface area contributed by atoms with Gasteiger partial charge in [-0.3, -0.25) is 0 Å². The minimum absolute atomic E-state index is 0.0904. The molecule has 5 heteroatoms. The van der Waals surface area contributed by atoms with Gasteiger partial charge in [-0.1, -0.05) is 15.9 Å². The highest BCUT2D eigenvalue weighted by Crippen LogP contribution is 2.27. The monoisotopic (exact) mass is 280 g/mol. The molecule has 1 aromatic heterocycles. The molecule has 0 amide bonds. The van der Waals surface area contributed by atoms with E-state index in [-0.39, 0.29) is 11.4 Å². The molecule has 1 aromatic carbocycles. The average Bonchev–Trinajstić information content (AvgIpc) is 2.23. The van der Waals surface area contributed by atoms with E-state index in [1.54, 1.807) is 13.0 Å². The number of hydrogen-bond donors (Lipinski definition) is 2. The molecule has 2 aromatic rings. The summed E-state index contributed by atoms with van der Waals surface area (Å²) in [7, 11) is 0. The van der Waals surface area contributed by atoms with Crippen LogP contribution in [0.2, 0.25) is 0 Å². The number of fused-ring (bicyclic) bond motifs is 1. The van der Waals surface area contributed by atoms with Gasteiger partial charge in [-0.2, -0.15) is 0 Å². The van der Waals surface area contributed by atoms with Crippen LogP contribution in [0, 0.1) is 6.92 Å². The zero-order valence-corrected chi connectivity index (χ0v) is 10.1. The van der Waals surface area contributed by atoms with Gasteiger partial charge in [0.2, 0.25) is 0 Å². The average molecular weight is 281 g/mol. The van der Waals surface area contributed by atoms with Crippen LogP contribution in [0.4, 0.5) is 5.69 Å². The normalized spacial score (nSPS) is 10.6. The van der Waals surface area contributed by atoms with Crippen molar-refractivity contribution < 1.29 is 9.90 Å². The fourth-order valence-corrected chi connectivity index (χ4v) is 1.93. The number of nitrogen functional groups attached to an aromatic ring is 1. The van der Waals surface area contributed by atoms with Gasteiger partial charge in [0.05, 0.1) is 11.2 Å². The highest BCUT2D eigenvalue weighted by molar-refractivity contribution is 9.10. The van der Waals surface area contributed by atoms with Crippen LogP contribution in [0.5, 0.6) is 0 Å². The number of halogens is 1. The van der Waals surface area contributed by atoms with Gasteiger partial charge in [-0.25, -0.2) is 9.78 Å². The van der Waals surface area contributed by atoms with E-state index in [9.17, 15) is 4.79 Å². The second-order valence-corrected chi connectivity index (χ2v) is 4.38. The fraction of sp³-hybridized carbons (Fsp3) is 0.0909. The Bertz CT molecular complexity index is 596. The number of pyridine rings is 1. The lowest BCUT2D eigenvalue weighted by molar-refractivity contribution is 0.0692. The molecule has 0 atom stereocenters. The van der Waals surface area contributed by atoms with Crippen molar-refractivity contribution >= 4 is 38.5 Å². The third-order valence-electron chi connectivity index (χ3n) is 2.46. The van der Waals surface area contributed by atoms with Crippen LogP contribution in [-0.2, 0) is 0 Å². The Morgan fingerprint density at radius 1 is 1.50 bits per heavy atom. The Hall–Kier alpha value is -1.62. The molecule has 82 valence electrons. The fourth-order valence-electron chi connectivity index (χ4n) is 1.57. The van der Waals surface area contributed by atoms with Gasteiger partial charge < -0.3 is 10.8 Å². The third kappa shape index (κ3) is 1.63. The first-order valence-electron chi connectivity index (χ1n) is 4.59. The summed E-state index contributed by atoms with van der Waals surface area (Å²) in [6, 6.07) is 5.45. The van der Waals surface area contributed by atoms with Crippen molar-refractivity contribution in [2.75, 3.05) is 5.73 Å². The Balaban J connectivity index is 2.88. The van der Waals surface area contributed by atoms with E-state index in [1.165, 1.54) is 0 Å². The molecule has 0 saturated heterocycles. The lowest BCUT2D eigenvalue weighted by Crippen LogP contribution is -2.07. The highest BCUT2D eigenvalue weighted by Gasteiger charge is 2.14. The summed E-state index contributed by atoms with van der Waals surface area (Å²) in [6.45, 7) is 1.79. The number of carbonyl (C=O) groups is 1. The van der Waals surface area contributed by atoms with Crippen molar-refractivity contribution in [3.05, 3.63) is 33.9 Å². The summed E-state index contributed by atoms with van der Waals surface area (Å²) in [6.07, 6.45) is 0. The standard InChI is InChI=1S/C11H9BrN2O2/c1-5-7-4-6(12)2-3-8(7)14-10(9(5)13)11(15)16/h2-4H,13H2,1H3,(H,15,16). The number of carboxylic acids is 1. The number of nitrogens with two attached hydrogens (primary N) is 1. The smallest absolute Gasteiger partial charge is 0.356 e. The molecular formula is C11H9BrN2O2. The Morgan fingerprint density at radius 3 is 2.81 bits per heavy atom. The first kappa shape index (κ1) is 10.9. The summed E-state index contributed by atoms with van der Waals surface area (Å²) < 4.78 is 0.910. The molecule has 0 saturated carbocycles. The number of aromatic carboxylic acids is 1. The van der Waals surface area contributed by atoms with Gasteiger partial charge in [-0.15, -0.1) is 0 Å². The molecule has 4 nitrogen and oxygen atoms in total. The molecule has 0 aliphatic carbocycles. The van der Waals surface area contributed by atoms with E-state index in [1.807, 2.05) is 12.1 Å². The summed E-state index contributed by atoms with van der Waals surface area (Å²) in [5, 5.41) is 9.81. The lowest BCUT2D eigenvalue weighted by Gasteiger charge is -2.08. The van der Waals surface area contributed by atoms with Crippen LogP contribution in [0.3, 0.4) is 0 Å². The predicted octanol–water partition coefficient (Wildman–Crippen LogP) is 2.59. The van der Waals surface area contributed by atoms with E-state index >= 15 is 0 Å². The van der Waals surface area contributed by atoms with Crippen molar-refractivity contribution in [3.63, 3.8) is 0 Å². The van der Waals surface area contributed by atoms with Crippen molar-refractivity contribution in [2.45, 2.75) is 6.92 Å². The number of aryl methyl sites for hydroxylation is 1. The second kappa shape index (κ2) is 3.75. The molecule has 1 heterocycles. The molecular weight excluding hydrogens is 272 g/mol. The SMILES string of the molecule is Cc1c(N)c(C(=O)O)nc2ccc(Br)cc12. The van der Waals surface area contributed by atoms with Gasteiger partial charge in [0.15, 0.2) is 5.69 Å². The third-order valence-corrected chi connectivity index (χ3v) is 2.95. The molecule has 0 aliphatic heterocycles. The molecule has 0 spiro atoms. The van der Waals surface area contributed by atoms with E-state index in [0.717, 1.165) is 15.4 Å². The quantitative estimate of drug-likeness (QED) is 0.842. The zero-order chi connectivity index (χ0) is 11.9. The summed E-state index contributed by atoms with van der Waals surface area (Å²) in [5.74, 6) is -1.11. The van der Waals surface area contributed by atoms with E-state index in [2.05, 4.69) is 20.9 Å². The summed E-state index contributed by atoms with van der Waals surface area (Å²) in [5.41, 5.74) is 7.24. The first-order chi connectivity index (χ1) is 7.50. The Labute approximate surface area is 100 Å². The maximum atomic E-state index is 10.9. The Morgan fingerprint density at radius 2 is 2.19 bits per heavy atom.